The Balaban J connectivity index is 1.56. The van der Waals surface area contributed by atoms with Crippen LogP contribution in [0.3, 0.4) is 0 Å². The van der Waals surface area contributed by atoms with E-state index in [1.807, 2.05) is 13.1 Å². The fourth-order valence-corrected chi connectivity index (χ4v) is 4.93. The van der Waals surface area contributed by atoms with Gasteiger partial charge in [0.2, 0.25) is 0 Å². The van der Waals surface area contributed by atoms with Gasteiger partial charge in [0.25, 0.3) is 5.91 Å². The number of methoxy groups -OCH3 is 1. The number of aryl methyl sites for hydroxylation is 2. The maximum Gasteiger partial charge on any atom is 0.349 e. The zero-order valence-electron chi connectivity index (χ0n) is 17.6. The standard InChI is InChI=1S/C19H21Cl2N7O3S/c1-9-7-28(26-25-9)12-8-27(19-22-6-13(32-19)18(30)31-3)5-4-11(12)24-17(29)16-15(21)14(20)10(2)23-16/h6-7,11-12,23H,4-5,8H2,1-3H3,(H,24,29)/t11-,12+/m0/s1. The topological polar surface area (TPSA) is 118 Å². The van der Waals surface area contributed by atoms with Crippen LogP contribution in [-0.4, -0.2) is 63.1 Å². The van der Waals surface area contributed by atoms with Gasteiger partial charge in [0.05, 0.1) is 41.1 Å². The SMILES string of the molecule is COC(=O)c1cnc(N2CC[C@H](NC(=O)c3[nH]c(C)c(Cl)c3Cl)[C@H](n3cc(C)nn3)C2)s1. The van der Waals surface area contributed by atoms with E-state index in [9.17, 15) is 9.59 Å². The first-order valence-corrected chi connectivity index (χ1v) is 11.4. The molecule has 2 N–H and O–H groups in total. The van der Waals surface area contributed by atoms with Crippen molar-refractivity contribution in [1.29, 1.82) is 0 Å². The molecule has 4 rings (SSSR count). The Morgan fingerprint density at radius 1 is 1.31 bits per heavy atom. The molecule has 10 nitrogen and oxygen atoms in total. The maximum atomic E-state index is 12.9. The molecule has 3 aromatic rings. The Labute approximate surface area is 197 Å². The van der Waals surface area contributed by atoms with E-state index in [1.165, 1.54) is 24.6 Å². The highest BCUT2D eigenvalue weighted by Crippen LogP contribution is 2.32. The number of hydrogen-bond acceptors (Lipinski definition) is 8. The number of aromatic amines is 1. The monoisotopic (exact) mass is 497 g/mol. The molecule has 1 fully saturated rings. The fourth-order valence-electron chi connectivity index (χ4n) is 3.64. The van der Waals surface area contributed by atoms with Crippen LogP contribution in [0.5, 0.6) is 0 Å². The molecule has 0 unspecified atom stereocenters. The van der Waals surface area contributed by atoms with Crippen molar-refractivity contribution in [2.24, 2.45) is 0 Å². The molecule has 0 aliphatic carbocycles. The number of halogens is 2. The Kier molecular flexibility index (Phi) is 6.40. The van der Waals surface area contributed by atoms with Gasteiger partial charge in [0, 0.05) is 25.0 Å². The third kappa shape index (κ3) is 4.32. The summed E-state index contributed by atoms with van der Waals surface area (Å²) in [4.78, 5) is 34.5. The first kappa shape index (κ1) is 22.6. The van der Waals surface area contributed by atoms with E-state index in [2.05, 4.69) is 30.5 Å². The minimum Gasteiger partial charge on any atom is -0.465 e. The molecule has 13 heteroatoms. The Hall–Kier alpha value is -2.63. The second kappa shape index (κ2) is 9.08. The summed E-state index contributed by atoms with van der Waals surface area (Å²) in [6.07, 6.45) is 3.96. The number of rotatable bonds is 5. The molecule has 2 atom stereocenters. The summed E-state index contributed by atoms with van der Waals surface area (Å²) >= 11 is 13.6. The first-order valence-electron chi connectivity index (χ1n) is 9.80. The van der Waals surface area contributed by atoms with Crippen LogP contribution >= 0.6 is 34.5 Å². The molecule has 0 spiro atoms. The molecule has 0 bridgehead atoms. The summed E-state index contributed by atoms with van der Waals surface area (Å²) in [5.41, 5.74) is 1.63. The molecule has 1 aliphatic rings. The van der Waals surface area contributed by atoms with Crippen molar-refractivity contribution in [1.82, 2.24) is 30.3 Å². The van der Waals surface area contributed by atoms with Crippen molar-refractivity contribution in [3.8, 4) is 0 Å². The number of amides is 1. The van der Waals surface area contributed by atoms with Gasteiger partial charge in [-0.1, -0.05) is 39.8 Å². The number of esters is 1. The molecule has 0 saturated carbocycles. The lowest BCUT2D eigenvalue weighted by Gasteiger charge is -2.38. The summed E-state index contributed by atoms with van der Waals surface area (Å²) in [7, 11) is 1.34. The van der Waals surface area contributed by atoms with Crippen LogP contribution in [-0.2, 0) is 4.74 Å². The highest BCUT2D eigenvalue weighted by Gasteiger charge is 2.35. The quantitative estimate of drug-likeness (QED) is 0.520. The molecule has 0 aromatic carbocycles. The number of anilines is 1. The smallest absolute Gasteiger partial charge is 0.349 e. The summed E-state index contributed by atoms with van der Waals surface area (Å²) in [5.74, 6) is -0.761. The third-order valence-electron chi connectivity index (χ3n) is 5.29. The number of aromatic nitrogens is 5. The van der Waals surface area contributed by atoms with Gasteiger partial charge >= 0.3 is 5.97 Å². The Bertz CT molecular complexity index is 1160. The van der Waals surface area contributed by atoms with Crippen LogP contribution in [0.4, 0.5) is 5.13 Å². The van der Waals surface area contributed by atoms with Crippen LogP contribution in [0.1, 0.15) is 44.0 Å². The van der Waals surface area contributed by atoms with Gasteiger partial charge in [-0.05, 0) is 20.3 Å². The molecule has 3 aromatic heterocycles. The third-order valence-corrected chi connectivity index (χ3v) is 7.28. The number of nitrogens with one attached hydrogen (secondary N) is 2. The summed E-state index contributed by atoms with van der Waals surface area (Å²) in [6.45, 7) is 4.74. The van der Waals surface area contributed by atoms with E-state index in [0.29, 0.717) is 40.2 Å². The predicted molar refractivity (Wildman–Crippen MR) is 121 cm³/mol. The van der Waals surface area contributed by atoms with E-state index in [0.717, 1.165) is 5.69 Å². The predicted octanol–water partition coefficient (Wildman–Crippen LogP) is 3.02. The van der Waals surface area contributed by atoms with Gasteiger partial charge in [-0.15, -0.1) is 5.10 Å². The number of H-pyrrole nitrogens is 1. The highest BCUT2D eigenvalue weighted by molar-refractivity contribution is 7.17. The van der Waals surface area contributed by atoms with Crippen molar-refractivity contribution in [2.45, 2.75) is 32.4 Å². The second-order valence-corrected chi connectivity index (χ2v) is 9.24. The van der Waals surface area contributed by atoms with Crippen molar-refractivity contribution in [2.75, 3.05) is 25.1 Å². The molecule has 170 valence electrons. The number of piperidine rings is 1. The highest BCUT2D eigenvalue weighted by atomic mass is 35.5. The van der Waals surface area contributed by atoms with E-state index in [1.54, 1.807) is 11.6 Å². The number of hydrogen-bond donors (Lipinski definition) is 2. The van der Waals surface area contributed by atoms with Gasteiger partial charge in [0.1, 0.15) is 10.6 Å². The van der Waals surface area contributed by atoms with E-state index in [4.69, 9.17) is 27.9 Å². The van der Waals surface area contributed by atoms with Crippen LogP contribution in [0.2, 0.25) is 10.0 Å². The number of thiazole rings is 1. The van der Waals surface area contributed by atoms with Crippen molar-refractivity contribution < 1.29 is 14.3 Å². The van der Waals surface area contributed by atoms with E-state index < -0.39 is 5.97 Å². The molecule has 1 amide bonds. The zero-order chi connectivity index (χ0) is 23.0. The minimum absolute atomic E-state index is 0.199. The Morgan fingerprint density at radius 2 is 2.09 bits per heavy atom. The first-order chi connectivity index (χ1) is 15.3. The number of nitrogens with zero attached hydrogens (tertiary/aromatic N) is 5. The van der Waals surface area contributed by atoms with Gasteiger partial charge in [0.15, 0.2) is 5.13 Å². The average molecular weight is 498 g/mol. The minimum atomic E-state index is -0.420. The van der Waals surface area contributed by atoms with Crippen LogP contribution in [0.15, 0.2) is 12.4 Å². The average Bonchev–Trinajstić information content (AvgIpc) is 3.50. The molecular weight excluding hydrogens is 477 g/mol. The van der Waals surface area contributed by atoms with Gasteiger partial charge < -0.3 is 19.9 Å². The molecular formula is C19H21Cl2N7O3S. The summed E-state index contributed by atoms with van der Waals surface area (Å²) in [5, 5.41) is 12.6. The largest absolute Gasteiger partial charge is 0.465 e. The molecule has 1 aliphatic heterocycles. The van der Waals surface area contributed by atoms with Crippen molar-refractivity contribution in [3.63, 3.8) is 0 Å². The van der Waals surface area contributed by atoms with Gasteiger partial charge in [-0.25, -0.2) is 14.5 Å². The van der Waals surface area contributed by atoms with Crippen LogP contribution in [0.25, 0.3) is 0 Å². The summed E-state index contributed by atoms with van der Waals surface area (Å²) < 4.78 is 6.52. The fraction of sp³-hybridized carbons (Fsp3) is 0.421. The van der Waals surface area contributed by atoms with Crippen molar-refractivity contribution in [3.05, 3.63) is 44.4 Å². The Morgan fingerprint density at radius 3 is 2.72 bits per heavy atom. The lowest BCUT2D eigenvalue weighted by Crippen LogP contribution is -2.52. The van der Waals surface area contributed by atoms with Crippen molar-refractivity contribution >= 4 is 51.5 Å². The lowest BCUT2D eigenvalue weighted by atomic mass is 9.99. The molecule has 0 radical (unpaired) electrons. The van der Waals surface area contributed by atoms with E-state index in [-0.39, 0.29) is 28.7 Å². The number of carbonyl (C=O) groups excluding carboxylic acids is 2. The zero-order valence-corrected chi connectivity index (χ0v) is 19.9. The van der Waals surface area contributed by atoms with Crippen LogP contribution < -0.4 is 10.2 Å². The number of ether oxygens (including phenoxy) is 1. The molecule has 4 heterocycles. The number of carbonyl (C=O) groups is 2. The van der Waals surface area contributed by atoms with E-state index >= 15 is 0 Å². The molecule has 32 heavy (non-hydrogen) atoms. The van der Waals surface area contributed by atoms with Gasteiger partial charge in [-0.3, -0.25) is 4.79 Å². The molecule has 1 saturated heterocycles. The lowest BCUT2D eigenvalue weighted by molar-refractivity contribution is 0.0606. The second-order valence-electron chi connectivity index (χ2n) is 7.47. The van der Waals surface area contributed by atoms with Gasteiger partial charge in [-0.2, -0.15) is 0 Å². The summed E-state index contributed by atoms with van der Waals surface area (Å²) in [6, 6.07) is -0.456. The van der Waals surface area contributed by atoms with Crippen LogP contribution in [0, 0.1) is 13.8 Å². The maximum absolute atomic E-state index is 12.9. The normalized spacial score (nSPS) is 18.6.